The number of hydrazone groups is 1. The summed E-state index contributed by atoms with van der Waals surface area (Å²) in [5.74, 6) is 0.596. The van der Waals surface area contributed by atoms with Crippen molar-refractivity contribution in [1.29, 1.82) is 0 Å². The first-order chi connectivity index (χ1) is 14.9. The fourth-order valence-electron chi connectivity index (χ4n) is 3.12. The molecule has 0 saturated heterocycles. The number of ether oxygens (including phenoxy) is 2. The molecular weight excluding hydrogens is 392 g/mol. The second kappa shape index (κ2) is 9.80. The molecule has 1 amide bonds. The fraction of sp³-hybridized carbons (Fsp3) is 0.200. The highest BCUT2D eigenvalue weighted by atomic mass is 16.5. The highest BCUT2D eigenvalue weighted by Crippen LogP contribution is 2.32. The number of carbonyl (C=O) groups is 1. The van der Waals surface area contributed by atoms with E-state index in [1.807, 2.05) is 42.5 Å². The van der Waals surface area contributed by atoms with Crippen LogP contribution >= 0.6 is 0 Å². The van der Waals surface area contributed by atoms with Gasteiger partial charge in [0.15, 0.2) is 18.1 Å². The maximum atomic E-state index is 12.0. The van der Waals surface area contributed by atoms with Crippen molar-refractivity contribution in [3.63, 3.8) is 0 Å². The second-order valence-corrected chi connectivity index (χ2v) is 7.53. The quantitative estimate of drug-likeness (QED) is 0.423. The molecule has 31 heavy (non-hydrogen) atoms. The maximum absolute atomic E-state index is 12.0. The minimum Gasteiger partial charge on any atom is -0.504 e. The van der Waals surface area contributed by atoms with Crippen LogP contribution in [-0.2, 0) is 10.2 Å². The molecule has 0 fully saturated rings. The van der Waals surface area contributed by atoms with Crippen molar-refractivity contribution < 1.29 is 19.4 Å². The summed E-state index contributed by atoms with van der Waals surface area (Å²) in [6, 6.07) is 22.8. The molecule has 0 aliphatic rings. The van der Waals surface area contributed by atoms with Gasteiger partial charge in [-0.2, -0.15) is 5.10 Å². The van der Waals surface area contributed by atoms with Gasteiger partial charge in [-0.1, -0.05) is 56.3 Å². The molecule has 3 aromatic carbocycles. The predicted molar refractivity (Wildman–Crippen MR) is 121 cm³/mol. The summed E-state index contributed by atoms with van der Waals surface area (Å²) in [5, 5.41) is 13.5. The van der Waals surface area contributed by atoms with Crippen molar-refractivity contribution in [3.05, 3.63) is 89.5 Å². The van der Waals surface area contributed by atoms with Gasteiger partial charge in [-0.15, -0.1) is 0 Å². The van der Waals surface area contributed by atoms with Gasteiger partial charge in [0.2, 0.25) is 0 Å². The Morgan fingerprint density at radius 1 is 1.03 bits per heavy atom. The Bertz CT molecular complexity index is 1040. The van der Waals surface area contributed by atoms with Crippen molar-refractivity contribution in [1.82, 2.24) is 5.43 Å². The van der Waals surface area contributed by atoms with E-state index in [9.17, 15) is 9.90 Å². The van der Waals surface area contributed by atoms with E-state index in [1.165, 1.54) is 25.0 Å². The van der Waals surface area contributed by atoms with E-state index >= 15 is 0 Å². The summed E-state index contributed by atoms with van der Waals surface area (Å²) >= 11 is 0. The molecule has 6 nitrogen and oxygen atoms in total. The molecule has 0 aliphatic carbocycles. The number of hydrogen-bond acceptors (Lipinski definition) is 5. The molecular formula is C25H26N2O4. The number of nitrogens with one attached hydrogen (secondary N) is 1. The summed E-state index contributed by atoms with van der Waals surface area (Å²) in [7, 11) is 1.46. The van der Waals surface area contributed by atoms with Gasteiger partial charge in [0, 0.05) is 5.41 Å². The van der Waals surface area contributed by atoms with E-state index in [-0.39, 0.29) is 23.7 Å². The Labute approximate surface area is 182 Å². The van der Waals surface area contributed by atoms with Gasteiger partial charge < -0.3 is 14.6 Å². The number of phenolic OH excluding ortho intramolecular Hbond substituents is 1. The number of phenols is 1. The lowest BCUT2D eigenvalue weighted by molar-refractivity contribution is -0.123. The third-order valence-corrected chi connectivity index (χ3v) is 5.05. The largest absolute Gasteiger partial charge is 0.504 e. The minimum absolute atomic E-state index is 0.0373. The van der Waals surface area contributed by atoms with Crippen LogP contribution in [0.15, 0.2) is 77.9 Å². The number of carbonyl (C=O) groups excluding carboxylic acids is 1. The van der Waals surface area contributed by atoms with E-state index < -0.39 is 0 Å². The normalized spacial score (nSPS) is 11.3. The molecule has 6 heteroatoms. The van der Waals surface area contributed by atoms with Gasteiger partial charge in [-0.25, -0.2) is 5.43 Å². The van der Waals surface area contributed by atoms with Crippen molar-refractivity contribution >= 4 is 12.1 Å². The molecule has 0 aromatic heterocycles. The monoisotopic (exact) mass is 418 g/mol. The smallest absolute Gasteiger partial charge is 0.277 e. The molecule has 0 saturated carbocycles. The first-order valence-corrected chi connectivity index (χ1v) is 9.88. The van der Waals surface area contributed by atoms with Gasteiger partial charge >= 0.3 is 0 Å². The Kier molecular flexibility index (Phi) is 6.92. The van der Waals surface area contributed by atoms with Crippen LogP contribution in [0.5, 0.6) is 17.2 Å². The molecule has 3 rings (SSSR count). The van der Waals surface area contributed by atoms with Crippen LogP contribution in [0.3, 0.4) is 0 Å². The third kappa shape index (κ3) is 5.63. The Hall–Kier alpha value is -3.80. The lowest BCUT2D eigenvalue weighted by Crippen LogP contribution is -2.24. The maximum Gasteiger partial charge on any atom is 0.277 e. The number of amides is 1. The zero-order valence-electron chi connectivity index (χ0n) is 17.8. The summed E-state index contributed by atoms with van der Waals surface area (Å²) in [4.78, 5) is 12.0. The molecule has 0 heterocycles. The molecule has 0 unspecified atom stereocenters. The van der Waals surface area contributed by atoms with Crippen molar-refractivity contribution in [2.24, 2.45) is 5.10 Å². The predicted octanol–water partition coefficient (Wildman–Crippen LogP) is 4.26. The minimum atomic E-state index is -0.379. The van der Waals surface area contributed by atoms with Crippen LogP contribution in [0, 0.1) is 0 Å². The molecule has 2 N–H and O–H groups in total. The first kappa shape index (κ1) is 21.9. The van der Waals surface area contributed by atoms with Crippen molar-refractivity contribution in [2.45, 2.75) is 19.3 Å². The molecule has 3 aromatic rings. The summed E-state index contributed by atoms with van der Waals surface area (Å²) in [5.41, 5.74) is 5.34. The number of benzene rings is 3. The van der Waals surface area contributed by atoms with E-state index in [1.54, 1.807) is 12.1 Å². The zero-order chi connectivity index (χ0) is 22.3. The zero-order valence-corrected chi connectivity index (χ0v) is 17.8. The number of aromatic hydroxyl groups is 1. The topological polar surface area (TPSA) is 80.2 Å². The highest BCUT2D eigenvalue weighted by Gasteiger charge is 2.22. The van der Waals surface area contributed by atoms with E-state index in [2.05, 4.69) is 36.5 Å². The Morgan fingerprint density at radius 2 is 1.71 bits per heavy atom. The Balaban J connectivity index is 1.52. The van der Waals surface area contributed by atoms with E-state index in [0.29, 0.717) is 17.1 Å². The van der Waals surface area contributed by atoms with Crippen LogP contribution in [0.2, 0.25) is 0 Å². The molecule has 0 aliphatic heterocycles. The number of methoxy groups -OCH3 is 1. The van der Waals surface area contributed by atoms with Gasteiger partial charge in [-0.3, -0.25) is 4.79 Å². The van der Waals surface area contributed by atoms with Crippen LogP contribution in [-0.4, -0.2) is 30.9 Å². The number of hydrogen-bond donors (Lipinski definition) is 2. The van der Waals surface area contributed by atoms with Crippen LogP contribution in [0.1, 0.15) is 30.5 Å². The number of rotatable bonds is 8. The summed E-state index contributed by atoms with van der Waals surface area (Å²) in [6.45, 7) is 4.19. The standard InChI is InChI=1S/C25H26N2O4/c1-25(2,19-7-5-4-6-8-19)20-10-12-21(13-11-20)31-17-24(29)27-26-16-18-9-14-22(28)23(15-18)30-3/h4-16,28H,17H2,1-3H3,(H,27,29)/b26-16+. The molecule has 0 bridgehead atoms. The fourth-order valence-corrected chi connectivity index (χ4v) is 3.12. The summed E-state index contributed by atoms with van der Waals surface area (Å²) in [6.07, 6.45) is 1.46. The van der Waals surface area contributed by atoms with Crippen LogP contribution in [0.25, 0.3) is 0 Å². The summed E-state index contributed by atoms with van der Waals surface area (Å²) < 4.78 is 10.6. The molecule has 0 atom stereocenters. The highest BCUT2D eigenvalue weighted by molar-refractivity contribution is 5.83. The SMILES string of the molecule is COc1cc(/C=N/NC(=O)COc2ccc(C(C)(C)c3ccccc3)cc2)ccc1O. The lowest BCUT2D eigenvalue weighted by Gasteiger charge is -2.26. The van der Waals surface area contributed by atoms with Crippen molar-refractivity contribution in [2.75, 3.05) is 13.7 Å². The van der Waals surface area contributed by atoms with Gasteiger partial charge in [0.25, 0.3) is 5.91 Å². The molecule has 0 spiro atoms. The average molecular weight is 418 g/mol. The Morgan fingerprint density at radius 3 is 2.39 bits per heavy atom. The van der Waals surface area contributed by atoms with Crippen molar-refractivity contribution in [3.8, 4) is 17.2 Å². The van der Waals surface area contributed by atoms with Gasteiger partial charge in [0.1, 0.15) is 5.75 Å². The van der Waals surface area contributed by atoms with Crippen LogP contribution < -0.4 is 14.9 Å². The second-order valence-electron chi connectivity index (χ2n) is 7.53. The molecule has 0 radical (unpaired) electrons. The molecule has 160 valence electrons. The van der Waals surface area contributed by atoms with Crippen LogP contribution in [0.4, 0.5) is 0 Å². The van der Waals surface area contributed by atoms with Gasteiger partial charge in [-0.05, 0) is 47.0 Å². The van der Waals surface area contributed by atoms with E-state index in [0.717, 1.165) is 5.56 Å². The third-order valence-electron chi connectivity index (χ3n) is 5.05. The first-order valence-electron chi connectivity index (χ1n) is 9.88. The van der Waals surface area contributed by atoms with Gasteiger partial charge in [0.05, 0.1) is 13.3 Å². The lowest BCUT2D eigenvalue weighted by atomic mass is 9.78. The van der Waals surface area contributed by atoms with E-state index in [4.69, 9.17) is 9.47 Å². The average Bonchev–Trinajstić information content (AvgIpc) is 2.79. The number of nitrogens with zero attached hydrogens (tertiary/aromatic N) is 1.